The van der Waals surface area contributed by atoms with Crippen LogP contribution in [0.5, 0.6) is 0 Å². The van der Waals surface area contributed by atoms with E-state index in [9.17, 15) is 14.7 Å². The molecule has 2 aliphatic heterocycles. The van der Waals surface area contributed by atoms with E-state index in [0.717, 1.165) is 92.9 Å². The number of anilines is 1. The van der Waals surface area contributed by atoms with Crippen molar-refractivity contribution in [1.29, 1.82) is 0 Å². The number of aliphatic carboxylic acids is 1. The summed E-state index contributed by atoms with van der Waals surface area (Å²) in [5, 5.41) is 17.0. The SMILES string of the molecule is O=C(NC1([C@H](C(=O)O)c2cccc(-c3ccccc3)c2)CC1)[C@@H]1CCCN(CCCc2ccc3c(n2)NCCC3)C1. The molecule has 3 N–H and O–H groups in total. The third-order valence-corrected chi connectivity index (χ3v) is 9.02. The smallest absolute Gasteiger partial charge is 0.313 e. The zero-order valence-electron chi connectivity index (χ0n) is 23.6. The molecule has 0 radical (unpaired) electrons. The maximum Gasteiger partial charge on any atom is 0.313 e. The maximum atomic E-state index is 13.5. The highest BCUT2D eigenvalue weighted by Crippen LogP contribution is 2.48. The molecule has 3 aromatic rings. The van der Waals surface area contributed by atoms with Gasteiger partial charge in [0.15, 0.2) is 0 Å². The topological polar surface area (TPSA) is 94.6 Å². The van der Waals surface area contributed by atoms with Crippen LogP contribution in [0.3, 0.4) is 0 Å². The van der Waals surface area contributed by atoms with Crippen LogP contribution < -0.4 is 10.6 Å². The Balaban J connectivity index is 1.06. The van der Waals surface area contributed by atoms with Crippen molar-refractivity contribution >= 4 is 17.7 Å². The van der Waals surface area contributed by atoms with Crippen molar-refractivity contribution in [3.8, 4) is 11.1 Å². The van der Waals surface area contributed by atoms with Gasteiger partial charge in [0.05, 0.1) is 11.5 Å². The summed E-state index contributed by atoms with van der Waals surface area (Å²) < 4.78 is 0. The lowest BCUT2D eigenvalue weighted by Crippen LogP contribution is -2.50. The van der Waals surface area contributed by atoms with Gasteiger partial charge in [0.1, 0.15) is 11.7 Å². The van der Waals surface area contributed by atoms with Gasteiger partial charge in [-0.05, 0) is 92.8 Å². The first-order chi connectivity index (χ1) is 20.0. The van der Waals surface area contributed by atoms with E-state index in [1.54, 1.807) is 0 Å². The molecule has 3 aliphatic rings. The molecule has 2 aromatic carbocycles. The number of carboxylic acid groups (broad SMARTS) is 1. The van der Waals surface area contributed by atoms with Crippen molar-refractivity contribution in [3.05, 3.63) is 83.6 Å². The Hall–Kier alpha value is -3.71. The van der Waals surface area contributed by atoms with Crippen molar-refractivity contribution in [3.63, 3.8) is 0 Å². The van der Waals surface area contributed by atoms with E-state index in [4.69, 9.17) is 4.98 Å². The van der Waals surface area contributed by atoms with Crippen LogP contribution >= 0.6 is 0 Å². The van der Waals surface area contributed by atoms with Gasteiger partial charge in [-0.25, -0.2) is 4.98 Å². The number of amides is 1. The number of carboxylic acids is 1. The lowest BCUT2D eigenvalue weighted by atomic mass is 9.86. The molecular weight excluding hydrogens is 512 g/mol. The van der Waals surface area contributed by atoms with E-state index in [1.165, 1.54) is 5.56 Å². The minimum Gasteiger partial charge on any atom is -0.481 e. The lowest BCUT2D eigenvalue weighted by molar-refractivity contribution is -0.140. The van der Waals surface area contributed by atoms with E-state index in [1.807, 2.05) is 54.6 Å². The summed E-state index contributed by atoms with van der Waals surface area (Å²) in [6, 6.07) is 22.1. The van der Waals surface area contributed by atoms with Crippen molar-refractivity contribution < 1.29 is 14.7 Å². The molecule has 7 heteroatoms. The fourth-order valence-corrected chi connectivity index (χ4v) is 6.66. The van der Waals surface area contributed by atoms with E-state index < -0.39 is 17.4 Å². The summed E-state index contributed by atoms with van der Waals surface area (Å²) in [5.74, 6) is -0.723. The summed E-state index contributed by atoms with van der Waals surface area (Å²) in [5.41, 5.74) is 4.50. The van der Waals surface area contributed by atoms with E-state index in [2.05, 4.69) is 27.7 Å². The average molecular weight is 553 g/mol. The van der Waals surface area contributed by atoms with Gasteiger partial charge in [-0.2, -0.15) is 0 Å². The van der Waals surface area contributed by atoms with Crippen molar-refractivity contribution in [2.45, 2.75) is 62.8 Å². The van der Waals surface area contributed by atoms with Crippen molar-refractivity contribution in [2.24, 2.45) is 5.92 Å². The highest BCUT2D eigenvalue weighted by Gasteiger charge is 2.55. The second kappa shape index (κ2) is 12.0. The molecule has 2 fully saturated rings. The molecule has 2 atom stereocenters. The fraction of sp³-hybridized carbons (Fsp3) is 0.441. The molecule has 214 valence electrons. The molecule has 1 aromatic heterocycles. The Kier molecular flexibility index (Phi) is 8.06. The molecule has 0 bridgehead atoms. The summed E-state index contributed by atoms with van der Waals surface area (Å²) in [6.45, 7) is 3.65. The van der Waals surface area contributed by atoms with Crippen molar-refractivity contribution in [1.82, 2.24) is 15.2 Å². The summed E-state index contributed by atoms with van der Waals surface area (Å²) >= 11 is 0. The van der Waals surface area contributed by atoms with Gasteiger partial charge in [-0.3, -0.25) is 9.59 Å². The lowest BCUT2D eigenvalue weighted by Gasteiger charge is -2.34. The van der Waals surface area contributed by atoms with Crippen LogP contribution in [0, 0.1) is 5.92 Å². The highest BCUT2D eigenvalue weighted by molar-refractivity contribution is 5.85. The maximum absolute atomic E-state index is 13.5. The highest BCUT2D eigenvalue weighted by atomic mass is 16.4. The molecule has 1 saturated heterocycles. The van der Waals surface area contributed by atoms with Crippen LogP contribution in [0.25, 0.3) is 11.1 Å². The number of aryl methyl sites for hydroxylation is 2. The number of piperidine rings is 1. The predicted molar refractivity (Wildman–Crippen MR) is 161 cm³/mol. The molecule has 41 heavy (non-hydrogen) atoms. The standard InChI is InChI=1S/C34H40N4O3/c39-32(28-13-6-20-38(23-28)21-7-14-29-16-15-25-12-5-19-35-31(25)36-29)37-34(17-18-34)30(33(40)41)27-11-4-10-26(22-27)24-8-2-1-3-9-24/h1-4,8-11,15-16,22,28,30H,5-7,12-14,17-21,23H2,(H,35,36)(H,37,39)(H,40,41)/t28-,30+/m1/s1. The fourth-order valence-electron chi connectivity index (χ4n) is 6.66. The molecule has 6 rings (SSSR count). The number of pyridine rings is 1. The summed E-state index contributed by atoms with van der Waals surface area (Å²) in [7, 11) is 0. The molecule has 3 heterocycles. The number of carbonyl (C=O) groups is 2. The second-order valence-corrected chi connectivity index (χ2v) is 12.0. The minimum absolute atomic E-state index is 0.0000854. The van der Waals surface area contributed by atoms with Gasteiger partial charge < -0.3 is 20.6 Å². The van der Waals surface area contributed by atoms with Gasteiger partial charge in [0.2, 0.25) is 5.91 Å². The number of likely N-dealkylation sites (tertiary alicyclic amines) is 1. The quantitative estimate of drug-likeness (QED) is 0.317. The zero-order chi connectivity index (χ0) is 28.2. The Morgan fingerprint density at radius 3 is 2.68 bits per heavy atom. The number of hydrogen-bond acceptors (Lipinski definition) is 5. The second-order valence-electron chi connectivity index (χ2n) is 12.0. The normalized spacial score (nSPS) is 20.3. The van der Waals surface area contributed by atoms with Gasteiger partial charge >= 0.3 is 5.97 Å². The molecule has 1 saturated carbocycles. The number of rotatable bonds is 10. The van der Waals surface area contributed by atoms with Crippen LogP contribution in [0.4, 0.5) is 5.82 Å². The number of benzene rings is 2. The van der Waals surface area contributed by atoms with Gasteiger partial charge in [0.25, 0.3) is 0 Å². The van der Waals surface area contributed by atoms with Crippen LogP contribution in [0.1, 0.15) is 61.3 Å². The Morgan fingerprint density at radius 2 is 1.88 bits per heavy atom. The number of nitrogens with one attached hydrogen (secondary N) is 2. The number of nitrogens with zero attached hydrogens (tertiary/aromatic N) is 2. The molecule has 0 spiro atoms. The number of aromatic nitrogens is 1. The Morgan fingerprint density at radius 1 is 1.05 bits per heavy atom. The molecule has 1 aliphatic carbocycles. The third kappa shape index (κ3) is 6.30. The van der Waals surface area contributed by atoms with Crippen molar-refractivity contribution in [2.75, 3.05) is 31.5 Å². The predicted octanol–water partition coefficient (Wildman–Crippen LogP) is 5.27. The van der Waals surface area contributed by atoms with Crippen LogP contribution in [0.15, 0.2) is 66.7 Å². The number of hydrogen-bond donors (Lipinski definition) is 3. The third-order valence-electron chi connectivity index (χ3n) is 9.02. The zero-order valence-corrected chi connectivity index (χ0v) is 23.6. The molecule has 0 unspecified atom stereocenters. The van der Waals surface area contributed by atoms with Gasteiger partial charge in [0, 0.05) is 18.8 Å². The molecular formula is C34H40N4O3. The summed E-state index contributed by atoms with van der Waals surface area (Å²) in [4.78, 5) is 33.3. The number of fused-ring (bicyclic) bond motifs is 1. The Bertz CT molecular complexity index is 1390. The van der Waals surface area contributed by atoms with E-state index >= 15 is 0 Å². The summed E-state index contributed by atoms with van der Waals surface area (Å²) in [6.07, 6.45) is 7.38. The first-order valence-corrected chi connectivity index (χ1v) is 15.2. The first kappa shape index (κ1) is 27.5. The Labute approximate surface area is 242 Å². The van der Waals surface area contributed by atoms with Crippen LogP contribution in [-0.4, -0.2) is 58.6 Å². The average Bonchev–Trinajstić information content (AvgIpc) is 3.77. The van der Waals surface area contributed by atoms with Crippen LogP contribution in [0.2, 0.25) is 0 Å². The van der Waals surface area contributed by atoms with Gasteiger partial charge in [-0.1, -0.05) is 60.7 Å². The van der Waals surface area contributed by atoms with E-state index in [0.29, 0.717) is 12.8 Å². The molecule has 7 nitrogen and oxygen atoms in total. The minimum atomic E-state index is -0.885. The first-order valence-electron chi connectivity index (χ1n) is 15.2. The monoisotopic (exact) mass is 552 g/mol. The molecule has 1 amide bonds. The largest absolute Gasteiger partial charge is 0.481 e. The van der Waals surface area contributed by atoms with E-state index in [-0.39, 0.29) is 11.8 Å². The number of carbonyl (C=O) groups excluding carboxylic acids is 1. The van der Waals surface area contributed by atoms with Crippen LogP contribution in [-0.2, 0) is 22.4 Å². The van der Waals surface area contributed by atoms with Gasteiger partial charge in [-0.15, -0.1) is 0 Å².